The van der Waals surface area contributed by atoms with Crippen molar-refractivity contribution in [1.82, 2.24) is 35.3 Å². The number of nitrogen functional groups attached to an aromatic ring is 1. The van der Waals surface area contributed by atoms with Crippen LogP contribution in [0.5, 0.6) is 0 Å². The molecule has 0 fully saturated rings. The van der Waals surface area contributed by atoms with E-state index in [1.807, 2.05) is 20.3 Å². The van der Waals surface area contributed by atoms with Gasteiger partial charge in [-0.05, 0) is 13.0 Å². The molecule has 0 bridgehead atoms. The molecule has 0 spiro atoms. The molecule has 2 aromatic rings. The summed E-state index contributed by atoms with van der Waals surface area (Å²) in [5.74, 6) is 1.29. The zero-order chi connectivity index (χ0) is 15.2. The molecule has 0 radical (unpaired) electrons. The lowest BCUT2D eigenvalue weighted by molar-refractivity contribution is 0.621. The number of nitrogens with one attached hydrogen (secondary N) is 1. The van der Waals surface area contributed by atoms with Crippen molar-refractivity contribution < 1.29 is 0 Å². The summed E-state index contributed by atoms with van der Waals surface area (Å²) >= 11 is 0. The predicted octanol–water partition coefficient (Wildman–Crippen LogP) is -0.341. The Morgan fingerprint density at radius 3 is 2.81 bits per heavy atom. The normalized spacial score (nSPS) is 10.8. The van der Waals surface area contributed by atoms with Crippen molar-refractivity contribution in [3.8, 4) is 0 Å². The maximum absolute atomic E-state index is 5.69. The first kappa shape index (κ1) is 15.1. The highest BCUT2D eigenvalue weighted by Gasteiger charge is 2.08. The first-order valence-electron chi connectivity index (χ1n) is 6.86. The van der Waals surface area contributed by atoms with E-state index < -0.39 is 0 Å². The fraction of sp³-hybridized carbons (Fsp3) is 0.583. The molecule has 9 heteroatoms. The molecule has 0 aliphatic heterocycles. The van der Waals surface area contributed by atoms with Crippen LogP contribution in [0.25, 0.3) is 0 Å². The van der Waals surface area contributed by atoms with Gasteiger partial charge in [-0.25, -0.2) is 4.68 Å². The number of anilines is 2. The molecule has 0 aromatic carbocycles. The first-order valence-corrected chi connectivity index (χ1v) is 6.86. The second kappa shape index (κ2) is 6.93. The summed E-state index contributed by atoms with van der Waals surface area (Å²) in [5.41, 5.74) is 6.58. The monoisotopic (exact) mass is 291 g/mol. The van der Waals surface area contributed by atoms with Gasteiger partial charge in [0.05, 0.1) is 11.9 Å². The van der Waals surface area contributed by atoms with E-state index >= 15 is 0 Å². The minimum atomic E-state index is 0.202. The molecule has 0 unspecified atom stereocenters. The zero-order valence-corrected chi connectivity index (χ0v) is 12.6. The fourth-order valence-corrected chi connectivity index (χ4v) is 1.73. The quantitative estimate of drug-likeness (QED) is 0.666. The van der Waals surface area contributed by atoms with Crippen molar-refractivity contribution in [1.29, 1.82) is 0 Å². The molecule has 0 aliphatic carbocycles. The topological polar surface area (TPSA) is 111 Å². The van der Waals surface area contributed by atoms with E-state index in [1.165, 1.54) is 0 Å². The summed E-state index contributed by atoms with van der Waals surface area (Å²) < 4.78 is 1.69. The SMILES string of the molecule is CCCNCc1cn(Cc2nc(N)nc(N(C)C)n2)nn1. The molecule has 114 valence electrons. The molecule has 2 rings (SSSR count). The zero-order valence-electron chi connectivity index (χ0n) is 12.6. The van der Waals surface area contributed by atoms with Crippen molar-refractivity contribution in [3.63, 3.8) is 0 Å². The van der Waals surface area contributed by atoms with Crippen LogP contribution >= 0.6 is 0 Å². The smallest absolute Gasteiger partial charge is 0.229 e. The van der Waals surface area contributed by atoms with Crippen LogP contribution in [0, 0.1) is 0 Å². The molecular weight excluding hydrogens is 270 g/mol. The lowest BCUT2D eigenvalue weighted by atomic mass is 10.4. The maximum Gasteiger partial charge on any atom is 0.229 e. The van der Waals surface area contributed by atoms with E-state index in [1.54, 1.807) is 9.58 Å². The Bertz CT molecular complexity index is 578. The van der Waals surface area contributed by atoms with E-state index in [0.717, 1.165) is 18.7 Å². The van der Waals surface area contributed by atoms with Gasteiger partial charge in [0.1, 0.15) is 6.54 Å². The van der Waals surface area contributed by atoms with Gasteiger partial charge >= 0.3 is 0 Å². The fourth-order valence-electron chi connectivity index (χ4n) is 1.73. The molecule has 0 aliphatic rings. The van der Waals surface area contributed by atoms with Crippen molar-refractivity contribution in [2.75, 3.05) is 31.3 Å². The summed E-state index contributed by atoms with van der Waals surface area (Å²) in [7, 11) is 3.71. The lowest BCUT2D eigenvalue weighted by Gasteiger charge is -2.11. The molecule has 0 saturated carbocycles. The highest BCUT2D eigenvalue weighted by molar-refractivity contribution is 5.32. The van der Waals surface area contributed by atoms with Gasteiger partial charge in [0.15, 0.2) is 5.82 Å². The number of hydrogen-bond acceptors (Lipinski definition) is 8. The van der Waals surface area contributed by atoms with Gasteiger partial charge in [-0.2, -0.15) is 15.0 Å². The third-order valence-electron chi connectivity index (χ3n) is 2.71. The Labute approximate surface area is 123 Å². The Morgan fingerprint density at radius 1 is 1.29 bits per heavy atom. The van der Waals surface area contributed by atoms with Gasteiger partial charge in [0.2, 0.25) is 11.9 Å². The third kappa shape index (κ3) is 4.35. The number of rotatable bonds is 7. The second-order valence-electron chi connectivity index (χ2n) is 4.89. The Kier molecular flexibility index (Phi) is 4.99. The van der Waals surface area contributed by atoms with Crippen LogP contribution in [-0.2, 0) is 13.1 Å². The van der Waals surface area contributed by atoms with Crippen LogP contribution in [0.15, 0.2) is 6.20 Å². The number of nitrogens with two attached hydrogens (primary N) is 1. The molecule has 0 atom stereocenters. The van der Waals surface area contributed by atoms with E-state index in [4.69, 9.17) is 5.73 Å². The largest absolute Gasteiger partial charge is 0.368 e. The summed E-state index contributed by atoms with van der Waals surface area (Å²) in [6.07, 6.45) is 2.96. The average Bonchev–Trinajstić information content (AvgIpc) is 2.86. The average molecular weight is 291 g/mol. The Morgan fingerprint density at radius 2 is 2.10 bits per heavy atom. The van der Waals surface area contributed by atoms with Crippen LogP contribution in [0.4, 0.5) is 11.9 Å². The van der Waals surface area contributed by atoms with E-state index in [9.17, 15) is 0 Å². The number of nitrogens with zero attached hydrogens (tertiary/aromatic N) is 7. The van der Waals surface area contributed by atoms with E-state index in [2.05, 4.69) is 37.5 Å². The van der Waals surface area contributed by atoms with Crippen LogP contribution < -0.4 is 16.0 Å². The van der Waals surface area contributed by atoms with Gasteiger partial charge in [-0.1, -0.05) is 12.1 Å². The first-order chi connectivity index (χ1) is 10.1. The standard InChI is InChI=1S/C12H21N9/c1-4-5-14-6-9-7-21(19-18-9)8-10-15-11(13)17-12(16-10)20(2)3/h7,14H,4-6,8H2,1-3H3,(H2,13,15,16,17). The van der Waals surface area contributed by atoms with E-state index in [-0.39, 0.29) is 5.95 Å². The molecule has 21 heavy (non-hydrogen) atoms. The van der Waals surface area contributed by atoms with Crippen LogP contribution in [0.3, 0.4) is 0 Å². The minimum absolute atomic E-state index is 0.202. The minimum Gasteiger partial charge on any atom is -0.368 e. The number of hydrogen-bond donors (Lipinski definition) is 2. The summed E-state index contributed by atoms with van der Waals surface area (Å²) in [5, 5.41) is 11.4. The molecule has 9 nitrogen and oxygen atoms in total. The molecule has 2 heterocycles. The van der Waals surface area contributed by atoms with Crippen molar-refractivity contribution in [2.45, 2.75) is 26.4 Å². The Hall–Kier alpha value is -2.29. The molecule has 3 N–H and O–H groups in total. The summed E-state index contributed by atoms with van der Waals surface area (Å²) in [6, 6.07) is 0. The Balaban J connectivity index is 2.04. The highest BCUT2D eigenvalue weighted by Crippen LogP contribution is 2.06. The molecule has 2 aromatic heterocycles. The van der Waals surface area contributed by atoms with Gasteiger partial charge in [-0.15, -0.1) is 5.10 Å². The molecule has 0 amide bonds. The highest BCUT2D eigenvalue weighted by atomic mass is 15.4. The van der Waals surface area contributed by atoms with E-state index in [0.29, 0.717) is 24.9 Å². The van der Waals surface area contributed by atoms with Gasteiger partial charge in [0.25, 0.3) is 0 Å². The summed E-state index contributed by atoms with van der Waals surface area (Å²) in [6.45, 7) is 4.20. The second-order valence-corrected chi connectivity index (χ2v) is 4.89. The van der Waals surface area contributed by atoms with Gasteiger partial charge < -0.3 is 16.0 Å². The van der Waals surface area contributed by atoms with Crippen LogP contribution in [0.2, 0.25) is 0 Å². The lowest BCUT2D eigenvalue weighted by Crippen LogP contribution is -2.17. The van der Waals surface area contributed by atoms with Crippen LogP contribution in [0.1, 0.15) is 24.9 Å². The van der Waals surface area contributed by atoms with Gasteiger partial charge in [0, 0.05) is 20.6 Å². The maximum atomic E-state index is 5.69. The third-order valence-corrected chi connectivity index (χ3v) is 2.71. The van der Waals surface area contributed by atoms with Crippen molar-refractivity contribution in [2.24, 2.45) is 0 Å². The summed E-state index contributed by atoms with van der Waals surface area (Å²) in [4.78, 5) is 14.3. The van der Waals surface area contributed by atoms with Gasteiger partial charge in [-0.3, -0.25) is 0 Å². The van der Waals surface area contributed by atoms with Crippen molar-refractivity contribution in [3.05, 3.63) is 17.7 Å². The van der Waals surface area contributed by atoms with Crippen molar-refractivity contribution >= 4 is 11.9 Å². The predicted molar refractivity (Wildman–Crippen MR) is 79.7 cm³/mol. The molecule has 0 saturated heterocycles. The number of aromatic nitrogens is 6. The molecular formula is C12H21N9. The van der Waals surface area contributed by atoms with Crippen LogP contribution in [-0.4, -0.2) is 50.6 Å².